The van der Waals surface area contributed by atoms with Gasteiger partial charge in [0.15, 0.2) is 4.34 Å². The monoisotopic (exact) mass is 377 g/mol. The summed E-state index contributed by atoms with van der Waals surface area (Å²) in [6.45, 7) is 2.48. The first kappa shape index (κ1) is 20.1. The third kappa shape index (κ3) is 9.65. The number of hydrogen-bond acceptors (Lipinski definition) is 9. The van der Waals surface area contributed by atoms with Gasteiger partial charge in [0.05, 0.1) is 6.61 Å². The molecular formula is C7H8KN5OS5. The van der Waals surface area contributed by atoms with E-state index in [0.29, 0.717) is 21.3 Å². The number of hydrogen-bond donors (Lipinski definition) is 2. The Morgan fingerprint density at radius 2 is 2.42 bits per heavy atom. The Bertz CT molecular complexity index is 478. The number of nitrogens with zero attached hydrogens (tertiary/aromatic N) is 4. The summed E-state index contributed by atoms with van der Waals surface area (Å²) in [6, 6.07) is 0. The number of ether oxygens (including phenoxy) is 1. The zero-order valence-corrected chi connectivity index (χ0v) is 17.3. The molecule has 12 heteroatoms. The molecular weight excluding hydrogens is 370 g/mol. The largest absolute Gasteiger partial charge is 1.00 e. The van der Waals surface area contributed by atoms with E-state index in [-0.39, 0.29) is 51.4 Å². The Morgan fingerprint density at radius 3 is 2.79 bits per heavy atom. The van der Waals surface area contributed by atoms with Crippen LogP contribution >= 0.6 is 47.9 Å². The van der Waals surface area contributed by atoms with Crippen molar-refractivity contribution in [1.82, 2.24) is 25.4 Å². The first-order valence-corrected chi connectivity index (χ1v) is 7.47. The first-order chi connectivity index (χ1) is 8.61. The van der Waals surface area contributed by atoms with Gasteiger partial charge in [0.2, 0.25) is 9.54 Å². The Hall–Kier alpha value is 1.15. The number of thiocarbonyl (C=S) groups is 1. The zero-order chi connectivity index (χ0) is 13.4. The second-order valence-corrected chi connectivity index (χ2v) is 5.94. The summed E-state index contributed by atoms with van der Waals surface area (Å²) < 4.78 is 5.76. The molecule has 0 aliphatic rings. The van der Waals surface area contributed by atoms with Crippen LogP contribution in [0, 0.1) is 0 Å². The van der Waals surface area contributed by atoms with Crippen molar-refractivity contribution in [3.63, 3.8) is 0 Å². The van der Waals surface area contributed by atoms with Crippen LogP contribution in [0.1, 0.15) is 6.92 Å². The molecule has 2 aromatic rings. The SMILES string of the molecule is CCOC(=S)S.[K+].[S-]c1nc(Sc2nncs2)n[nH]1. The van der Waals surface area contributed by atoms with Crippen LogP contribution in [0.3, 0.4) is 0 Å². The molecule has 0 saturated heterocycles. The van der Waals surface area contributed by atoms with E-state index in [0.717, 1.165) is 4.34 Å². The van der Waals surface area contributed by atoms with Crippen molar-refractivity contribution in [1.29, 1.82) is 0 Å². The zero-order valence-electron chi connectivity index (χ0n) is 10.1. The molecule has 98 valence electrons. The van der Waals surface area contributed by atoms with Crippen LogP contribution in [0.15, 0.2) is 20.2 Å². The van der Waals surface area contributed by atoms with Gasteiger partial charge in [0, 0.05) is 5.16 Å². The number of aromatic amines is 1. The van der Waals surface area contributed by atoms with E-state index in [2.05, 4.69) is 55.0 Å². The van der Waals surface area contributed by atoms with E-state index >= 15 is 0 Å². The Balaban J connectivity index is 0.000000404. The minimum Gasteiger partial charge on any atom is -0.741 e. The summed E-state index contributed by atoms with van der Waals surface area (Å²) >= 11 is 15.7. The van der Waals surface area contributed by atoms with Crippen LogP contribution in [-0.4, -0.2) is 36.4 Å². The van der Waals surface area contributed by atoms with Gasteiger partial charge in [0.1, 0.15) is 5.51 Å². The summed E-state index contributed by atoms with van der Waals surface area (Å²) in [7, 11) is 0. The van der Waals surface area contributed by atoms with E-state index in [1.165, 1.54) is 23.1 Å². The van der Waals surface area contributed by atoms with E-state index in [4.69, 9.17) is 12.6 Å². The normalized spacial score (nSPS) is 8.95. The number of rotatable bonds is 3. The first-order valence-electron chi connectivity index (χ1n) is 4.51. The van der Waals surface area contributed by atoms with Crippen molar-refractivity contribution in [2.24, 2.45) is 0 Å². The number of aromatic nitrogens is 5. The topological polar surface area (TPSA) is 76.6 Å². The molecule has 2 aromatic heterocycles. The summed E-state index contributed by atoms with van der Waals surface area (Å²) in [5, 5.41) is 14.9. The number of thiol groups is 1. The van der Waals surface area contributed by atoms with Gasteiger partial charge in [-0.25, -0.2) is 4.98 Å². The second-order valence-electron chi connectivity index (χ2n) is 2.43. The third-order valence-corrected chi connectivity index (χ3v) is 3.30. The molecule has 1 N–H and O–H groups in total. The average molecular weight is 378 g/mol. The number of H-pyrrole nitrogens is 1. The van der Waals surface area contributed by atoms with Crippen LogP contribution in [0.4, 0.5) is 0 Å². The smallest absolute Gasteiger partial charge is 0.741 e. The molecule has 2 rings (SSSR count). The molecule has 0 unspecified atom stereocenters. The van der Waals surface area contributed by atoms with E-state index in [9.17, 15) is 0 Å². The maximum Gasteiger partial charge on any atom is 1.00 e. The summed E-state index contributed by atoms with van der Waals surface area (Å²) in [4.78, 5) is 3.94. The molecule has 0 bridgehead atoms. The van der Waals surface area contributed by atoms with Crippen molar-refractivity contribution >= 4 is 65.0 Å². The molecule has 0 atom stereocenters. The van der Waals surface area contributed by atoms with Gasteiger partial charge in [-0.2, -0.15) is 0 Å². The fourth-order valence-corrected chi connectivity index (χ4v) is 2.42. The van der Waals surface area contributed by atoms with Crippen molar-refractivity contribution < 1.29 is 56.1 Å². The molecule has 2 heterocycles. The van der Waals surface area contributed by atoms with Crippen molar-refractivity contribution in [2.45, 2.75) is 21.6 Å². The Kier molecular flexibility index (Phi) is 12.5. The average Bonchev–Trinajstić information content (AvgIpc) is 2.92. The van der Waals surface area contributed by atoms with Gasteiger partial charge >= 0.3 is 51.4 Å². The number of nitrogens with one attached hydrogen (secondary N) is 1. The van der Waals surface area contributed by atoms with Crippen LogP contribution in [-0.2, 0) is 17.4 Å². The van der Waals surface area contributed by atoms with Crippen molar-refractivity contribution in [3.8, 4) is 0 Å². The Morgan fingerprint density at radius 1 is 1.68 bits per heavy atom. The van der Waals surface area contributed by atoms with Gasteiger partial charge in [-0.1, -0.05) is 24.0 Å². The van der Waals surface area contributed by atoms with Crippen LogP contribution < -0.4 is 51.4 Å². The standard InChI is InChI=1S/C4H3N5S3.C3H6OS2.K/c10-2-6-3(8-7-2)12-4-9-5-1-11-4;1-2-4-3(5)6;/h1H,(H2,6,7,8,10);2H2,1H3,(H,5,6);/q;;+1/p-1. The molecule has 0 fully saturated rings. The van der Waals surface area contributed by atoms with E-state index in [1.807, 2.05) is 6.92 Å². The third-order valence-electron chi connectivity index (χ3n) is 1.23. The predicted molar refractivity (Wildman–Crippen MR) is 79.3 cm³/mol. The minimum absolute atomic E-state index is 0. The molecule has 19 heavy (non-hydrogen) atoms. The molecule has 0 radical (unpaired) electrons. The minimum atomic E-state index is 0. The van der Waals surface area contributed by atoms with Crippen LogP contribution in [0.2, 0.25) is 0 Å². The molecule has 0 spiro atoms. The Labute approximate surface area is 177 Å². The van der Waals surface area contributed by atoms with Crippen LogP contribution in [0.25, 0.3) is 0 Å². The summed E-state index contributed by atoms with van der Waals surface area (Å²) in [5.74, 6) is 0. The fourth-order valence-electron chi connectivity index (χ4n) is 0.687. The van der Waals surface area contributed by atoms with Gasteiger partial charge in [0.25, 0.3) is 0 Å². The van der Waals surface area contributed by atoms with Crippen molar-refractivity contribution in [2.75, 3.05) is 6.61 Å². The fraction of sp³-hybridized carbons (Fsp3) is 0.286. The van der Waals surface area contributed by atoms with Crippen molar-refractivity contribution in [3.05, 3.63) is 5.51 Å². The molecule has 0 aromatic carbocycles. The van der Waals surface area contributed by atoms with Gasteiger partial charge in [-0.3, -0.25) is 5.10 Å². The van der Waals surface area contributed by atoms with Gasteiger partial charge in [-0.05, 0) is 30.9 Å². The summed E-state index contributed by atoms with van der Waals surface area (Å²) in [6.07, 6.45) is 0. The maximum atomic E-state index is 4.75. The quantitative estimate of drug-likeness (QED) is 0.304. The maximum absolute atomic E-state index is 4.75. The van der Waals surface area contributed by atoms with E-state index < -0.39 is 0 Å². The molecule has 0 amide bonds. The predicted octanol–water partition coefficient (Wildman–Crippen LogP) is -1.05. The summed E-state index contributed by atoms with van der Waals surface area (Å²) in [5.41, 5.74) is 1.66. The van der Waals surface area contributed by atoms with Crippen LogP contribution in [0.5, 0.6) is 0 Å². The second kappa shape index (κ2) is 11.8. The van der Waals surface area contributed by atoms with E-state index in [1.54, 1.807) is 5.51 Å². The molecule has 0 aliphatic carbocycles. The van der Waals surface area contributed by atoms with Gasteiger partial charge in [-0.15, -0.1) is 15.3 Å². The molecule has 0 saturated carbocycles. The molecule has 6 nitrogen and oxygen atoms in total. The molecule has 0 aliphatic heterocycles. The van der Waals surface area contributed by atoms with Gasteiger partial charge < -0.3 is 17.4 Å².